The van der Waals surface area contributed by atoms with Crippen molar-refractivity contribution in [2.75, 3.05) is 13.7 Å². The molecule has 0 saturated carbocycles. The van der Waals surface area contributed by atoms with Crippen LogP contribution < -0.4 is 9.47 Å². The number of nitrogens with zero attached hydrogens (tertiary/aromatic N) is 4. The maximum atomic E-state index is 14.5. The standard InChI is InChI=1S/C29H29FN4O3/c1-5-25(35)33-16-7-6-9-22(33)29-32-27(28-19(3)31-17-18(2)34(28)29)20-12-14-21(15-13-20)37-24-11-8-10-23(36-4)26(24)30/h5,8,10-15,17,22H,1,6-7,9,16H2,2-4H3/t22-/m0/s1. The predicted octanol–water partition coefficient (Wildman–Crippen LogP) is 6.19. The van der Waals surface area contributed by atoms with Gasteiger partial charge >= 0.3 is 0 Å². The van der Waals surface area contributed by atoms with Crippen LogP contribution in [0.1, 0.15) is 42.5 Å². The van der Waals surface area contributed by atoms with E-state index in [1.54, 1.807) is 30.3 Å². The minimum atomic E-state index is -0.554. The van der Waals surface area contributed by atoms with Gasteiger partial charge in [-0.05, 0) is 75.6 Å². The van der Waals surface area contributed by atoms with Crippen molar-refractivity contribution in [3.05, 3.63) is 84.3 Å². The number of hydrogen-bond acceptors (Lipinski definition) is 5. The van der Waals surface area contributed by atoms with Crippen molar-refractivity contribution in [3.63, 3.8) is 0 Å². The molecule has 4 aromatic rings. The highest BCUT2D eigenvalue weighted by atomic mass is 19.1. The molecule has 0 N–H and O–H groups in total. The van der Waals surface area contributed by atoms with Crippen molar-refractivity contribution >= 4 is 11.4 Å². The fraction of sp³-hybridized carbons (Fsp3) is 0.276. The molecule has 0 unspecified atom stereocenters. The van der Waals surface area contributed by atoms with Crippen molar-refractivity contribution in [3.8, 4) is 28.5 Å². The van der Waals surface area contributed by atoms with Gasteiger partial charge in [0.15, 0.2) is 11.5 Å². The number of likely N-dealkylation sites (tertiary alicyclic amines) is 1. The first-order chi connectivity index (χ1) is 17.9. The summed E-state index contributed by atoms with van der Waals surface area (Å²) in [5.74, 6) is 0.875. The summed E-state index contributed by atoms with van der Waals surface area (Å²) in [6, 6.07) is 12.0. The number of amides is 1. The highest BCUT2D eigenvalue weighted by Crippen LogP contribution is 2.37. The maximum absolute atomic E-state index is 14.5. The number of aryl methyl sites for hydroxylation is 2. The van der Waals surface area contributed by atoms with Crippen LogP contribution >= 0.6 is 0 Å². The fourth-order valence-electron chi connectivity index (χ4n) is 4.98. The lowest BCUT2D eigenvalue weighted by molar-refractivity contribution is -0.129. The Labute approximate surface area is 215 Å². The average molecular weight is 501 g/mol. The zero-order chi connectivity index (χ0) is 26.1. The lowest BCUT2D eigenvalue weighted by atomic mass is 10.0. The summed E-state index contributed by atoms with van der Waals surface area (Å²) in [6.07, 6.45) is 6.02. The molecule has 1 atom stereocenters. The molecule has 0 bridgehead atoms. The second kappa shape index (κ2) is 10.0. The van der Waals surface area contributed by atoms with Crippen molar-refractivity contribution in [1.29, 1.82) is 0 Å². The Balaban J connectivity index is 1.56. The maximum Gasteiger partial charge on any atom is 0.246 e. The van der Waals surface area contributed by atoms with Gasteiger partial charge in [0.25, 0.3) is 0 Å². The van der Waals surface area contributed by atoms with Gasteiger partial charge in [-0.25, -0.2) is 4.98 Å². The van der Waals surface area contributed by atoms with E-state index >= 15 is 0 Å². The molecule has 3 heterocycles. The zero-order valence-corrected chi connectivity index (χ0v) is 21.2. The Hall–Kier alpha value is -4.20. The molecule has 1 aliphatic heterocycles. The van der Waals surface area contributed by atoms with Crippen LogP contribution in [0.3, 0.4) is 0 Å². The van der Waals surface area contributed by atoms with E-state index in [0.717, 1.165) is 53.2 Å². The lowest BCUT2D eigenvalue weighted by Crippen LogP contribution is -2.38. The van der Waals surface area contributed by atoms with E-state index in [2.05, 4.69) is 16.0 Å². The first-order valence-electron chi connectivity index (χ1n) is 12.3. The largest absolute Gasteiger partial charge is 0.494 e. The molecule has 2 aromatic heterocycles. The molecular weight excluding hydrogens is 471 g/mol. The van der Waals surface area contributed by atoms with Gasteiger partial charge in [0, 0.05) is 24.0 Å². The minimum Gasteiger partial charge on any atom is -0.494 e. The first kappa shape index (κ1) is 24.5. The molecule has 0 radical (unpaired) electrons. The second-order valence-electron chi connectivity index (χ2n) is 9.13. The van der Waals surface area contributed by atoms with Crippen LogP contribution in [0.2, 0.25) is 0 Å². The molecule has 1 saturated heterocycles. The Morgan fingerprint density at radius 3 is 2.62 bits per heavy atom. The van der Waals surface area contributed by atoms with Gasteiger partial charge in [-0.3, -0.25) is 14.2 Å². The van der Waals surface area contributed by atoms with E-state index in [0.29, 0.717) is 12.3 Å². The third-order valence-electron chi connectivity index (χ3n) is 6.81. The number of methoxy groups -OCH3 is 1. The van der Waals surface area contributed by atoms with Gasteiger partial charge in [-0.2, -0.15) is 4.39 Å². The van der Waals surface area contributed by atoms with Crippen molar-refractivity contribution in [2.24, 2.45) is 0 Å². The summed E-state index contributed by atoms with van der Waals surface area (Å²) in [7, 11) is 1.42. The Morgan fingerprint density at radius 1 is 1.14 bits per heavy atom. The van der Waals surface area contributed by atoms with Gasteiger partial charge in [0.05, 0.1) is 30.1 Å². The summed E-state index contributed by atoms with van der Waals surface area (Å²) >= 11 is 0. The van der Waals surface area contributed by atoms with Crippen molar-refractivity contribution < 1.29 is 18.7 Å². The number of aromatic nitrogens is 3. The molecule has 8 heteroatoms. The molecule has 2 aromatic carbocycles. The molecule has 7 nitrogen and oxygen atoms in total. The first-order valence-corrected chi connectivity index (χ1v) is 12.3. The number of benzene rings is 2. The monoisotopic (exact) mass is 500 g/mol. The molecule has 1 fully saturated rings. The normalized spacial score (nSPS) is 15.6. The van der Waals surface area contributed by atoms with Gasteiger partial charge in [-0.15, -0.1) is 0 Å². The highest BCUT2D eigenvalue weighted by Gasteiger charge is 2.32. The lowest BCUT2D eigenvalue weighted by Gasteiger charge is -2.34. The molecule has 1 amide bonds. The molecule has 5 rings (SSSR count). The summed E-state index contributed by atoms with van der Waals surface area (Å²) < 4.78 is 27.5. The number of ether oxygens (including phenoxy) is 2. The smallest absolute Gasteiger partial charge is 0.246 e. The number of piperidine rings is 1. The van der Waals surface area contributed by atoms with E-state index in [1.807, 2.05) is 37.1 Å². The highest BCUT2D eigenvalue weighted by molar-refractivity contribution is 5.87. The molecule has 1 aliphatic rings. The van der Waals surface area contributed by atoms with Crippen LogP contribution in [-0.4, -0.2) is 38.8 Å². The van der Waals surface area contributed by atoms with E-state index in [1.165, 1.54) is 13.2 Å². The molecule has 190 valence electrons. The van der Waals surface area contributed by atoms with Crippen LogP contribution in [0.5, 0.6) is 17.2 Å². The van der Waals surface area contributed by atoms with Crippen molar-refractivity contribution in [2.45, 2.75) is 39.2 Å². The fourth-order valence-corrected chi connectivity index (χ4v) is 4.98. The van der Waals surface area contributed by atoms with Crippen molar-refractivity contribution in [1.82, 2.24) is 19.3 Å². The van der Waals surface area contributed by atoms with Crippen LogP contribution in [0, 0.1) is 19.7 Å². The summed E-state index contributed by atoms with van der Waals surface area (Å²) in [4.78, 5) is 24.2. The van der Waals surface area contributed by atoms with Crippen LogP contribution in [-0.2, 0) is 4.79 Å². The average Bonchev–Trinajstić information content (AvgIpc) is 3.34. The van der Waals surface area contributed by atoms with Gasteiger partial charge < -0.3 is 14.4 Å². The molecule has 37 heavy (non-hydrogen) atoms. The number of carbonyl (C=O) groups is 1. The Morgan fingerprint density at radius 2 is 1.89 bits per heavy atom. The molecule has 0 spiro atoms. The van der Waals surface area contributed by atoms with E-state index in [-0.39, 0.29) is 23.4 Å². The predicted molar refractivity (Wildman–Crippen MR) is 139 cm³/mol. The Kier molecular flexibility index (Phi) is 6.65. The number of rotatable bonds is 6. The Bertz CT molecular complexity index is 1480. The van der Waals surface area contributed by atoms with Crippen LogP contribution in [0.15, 0.2) is 61.3 Å². The van der Waals surface area contributed by atoms with Gasteiger partial charge in [-0.1, -0.05) is 12.6 Å². The number of hydrogen-bond donors (Lipinski definition) is 0. The molecule has 0 aliphatic carbocycles. The van der Waals surface area contributed by atoms with Crippen LogP contribution in [0.4, 0.5) is 4.39 Å². The topological polar surface area (TPSA) is 69.0 Å². The van der Waals surface area contributed by atoms with E-state index in [4.69, 9.17) is 14.5 Å². The third kappa shape index (κ3) is 4.43. The minimum absolute atomic E-state index is 0.0850. The zero-order valence-electron chi connectivity index (χ0n) is 21.2. The third-order valence-corrected chi connectivity index (χ3v) is 6.81. The second-order valence-corrected chi connectivity index (χ2v) is 9.13. The van der Waals surface area contributed by atoms with Gasteiger partial charge in [0.2, 0.25) is 11.7 Å². The SMILES string of the molecule is C=CC(=O)N1CCCC[C@H]1c1nc(-c2ccc(Oc3cccc(OC)c3F)cc2)c2c(C)ncc(C)n12. The summed E-state index contributed by atoms with van der Waals surface area (Å²) in [6.45, 7) is 8.32. The van der Waals surface area contributed by atoms with E-state index in [9.17, 15) is 9.18 Å². The number of halogens is 1. The quantitative estimate of drug-likeness (QED) is 0.295. The molecular formula is C29H29FN4O3. The van der Waals surface area contributed by atoms with Gasteiger partial charge in [0.1, 0.15) is 11.6 Å². The van der Waals surface area contributed by atoms with E-state index < -0.39 is 5.82 Å². The number of fused-ring (bicyclic) bond motifs is 1. The summed E-state index contributed by atoms with van der Waals surface area (Å²) in [5, 5.41) is 0. The summed E-state index contributed by atoms with van der Waals surface area (Å²) in [5.41, 5.74) is 4.34. The number of carbonyl (C=O) groups excluding carboxylic acids is 1. The van der Waals surface area contributed by atoms with Crippen LogP contribution in [0.25, 0.3) is 16.8 Å². The number of imidazole rings is 1.